The molecule has 7 rings (SSSR count). The second kappa shape index (κ2) is 10.1. The van der Waals surface area contributed by atoms with Crippen LogP contribution in [-0.2, 0) is 6.42 Å². The SMILES string of the molecule is COc1cc(F)cc(C(=O)N[C@H]2CCc3cc(-n4c(-c5cccnc5N)nc5ccc(-n6cccn6)nc54)ccc32)c1. The number of benzene rings is 2. The first-order valence-corrected chi connectivity index (χ1v) is 13.4. The molecule has 11 heteroatoms. The number of nitrogens with one attached hydrogen (secondary N) is 1. The predicted octanol–water partition coefficient (Wildman–Crippen LogP) is 4.82. The summed E-state index contributed by atoms with van der Waals surface area (Å²) in [4.78, 5) is 27.1. The van der Waals surface area contributed by atoms with Gasteiger partial charge in [0.1, 0.15) is 22.9 Å². The van der Waals surface area contributed by atoms with Crippen LogP contribution in [0.15, 0.2) is 85.3 Å². The number of imidazole rings is 1. The number of aryl methyl sites for hydroxylation is 1. The van der Waals surface area contributed by atoms with E-state index in [2.05, 4.69) is 21.5 Å². The second-order valence-electron chi connectivity index (χ2n) is 10.00. The number of carbonyl (C=O) groups is 1. The molecule has 1 amide bonds. The predicted molar refractivity (Wildman–Crippen MR) is 155 cm³/mol. The van der Waals surface area contributed by atoms with Crippen LogP contribution in [0.2, 0.25) is 0 Å². The first-order chi connectivity index (χ1) is 20.5. The van der Waals surface area contributed by atoms with Crippen molar-refractivity contribution in [1.29, 1.82) is 0 Å². The topological polar surface area (TPSA) is 126 Å². The van der Waals surface area contributed by atoms with E-state index in [0.717, 1.165) is 23.2 Å². The van der Waals surface area contributed by atoms with Crippen LogP contribution in [0, 0.1) is 5.82 Å². The Labute approximate surface area is 239 Å². The van der Waals surface area contributed by atoms with E-state index in [1.807, 2.05) is 53.2 Å². The number of nitrogen functional groups attached to an aromatic ring is 1. The molecule has 3 N–H and O–H groups in total. The number of nitrogens with zero attached hydrogens (tertiary/aromatic N) is 6. The van der Waals surface area contributed by atoms with Crippen molar-refractivity contribution < 1.29 is 13.9 Å². The van der Waals surface area contributed by atoms with Gasteiger partial charge < -0.3 is 15.8 Å². The van der Waals surface area contributed by atoms with Crippen LogP contribution in [-0.4, -0.2) is 42.3 Å². The van der Waals surface area contributed by atoms with Gasteiger partial charge in [-0.15, -0.1) is 0 Å². The molecule has 0 unspecified atom stereocenters. The number of aromatic nitrogens is 6. The van der Waals surface area contributed by atoms with E-state index < -0.39 is 5.82 Å². The summed E-state index contributed by atoms with van der Waals surface area (Å²) < 4.78 is 22.8. The van der Waals surface area contributed by atoms with E-state index in [0.29, 0.717) is 46.4 Å². The minimum atomic E-state index is -0.530. The highest BCUT2D eigenvalue weighted by Crippen LogP contribution is 2.36. The maximum atomic E-state index is 14.0. The number of carbonyl (C=O) groups excluding carboxylic acids is 1. The number of methoxy groups -OCH3 is 1. The fraction of sp³-hybridized carbons (Fsp3) is 0.129. The summed E-state index contributed by atoms with van der Waals surface area (Å²) >= 11 is 0. The van der Waals surface area contributed by atoms with E-state index in [1.54, 1.807) is 17.1 Å². The van der Waals surface area contributed by atoms with Crippen LogP contribution < -0.4 is 15.8 Å². The zero-order valence-corrected chi connectivity index (χ0v) is 22.5. The minimum absolute atomic E-state index is 0.208. The first kappa shape index (κ1) is 25.4. The lowest BCUT2D eigenvalue weighted by atomic mass is 10.1. The summed E-state index contributed by atoms with van der Waals surface area (Å²) in [5, 5.41) is 7.38. The molecule has 0 aliphatic heterocycles. The fourth-order valence-corrected chi connectivity index (χ4v) is 5.46. The molecule has 0 saturated heterocycles. The molecule has 1 aliphatic rings. The van der Waals surface area contributed by atoms with Gasteiger partial charge in [-0.2, -0.15) is 5.10 Å². The zero-order chi connectivity index (χ0) is 28.8. The number of pyridine rings is 2. The van der Waals surface area contributed by atoms with Crippen molar-refractivity contribution in [2.75, 3.05) is 12.8 Å². The summed E-state index contributed by atoms with van der Waals surface area (Å²) in [6.45, 7) is 0. The minimum Gasteiger partial charge on any atom is -0.497 e. The van der Waals surface area contributed by atoms with Crippen LogP contribution >= 0.6 is 0 Å². The lowest BCUT2D eigenvalue weighted by Crippen LogP contribution is -2.27. The highest BCUT2D eigenvalue weighted by Gasteiger charge is 2.26. The number of hydrogen-bond acceptors (Lipinski definition) is 7. The third-order valence-corrected chi connectivity index (χ3v) is 7.45. The molecular formula is C31H25FN8O2. The summed E-state index contributed by atoms with van der Waals surface area (Å²) in [7, 11) is 1.44. The lowest BCUT2D eigenvalue weighted by molar-refractivity contribution is 0.0936. The van der Waals surface area contributed by atoms with Gasteiger partial charge in [0.25, 0.3) is 5.91 Å². The van der Waals surface area contributed by atoms with Gasteiger partial charge in [-0.3, -0.25) is 9.36 Å². The first-order valence-electron chi connectivity index (χ1n) is 13.4. The molecule has 10 nitrogen and oxygen atoms in total. The van der Waals surface area contributed by atoms with Crippen LogP contribution in [0.4, 0.5) is 10.2 Å². The Balaban J connectivity index is 1.29. The highest BCUT2D eigenvalue weighted by atomic mass is 19.1. The van der Waals surface area contributed by atoms with Crippen molar-refractivity contribution in [3.63, 3.8) is 0 Å². The summed E-state index contributed by atoms with van der Waals surface area (Å²) in [5.41, 5.74) is 11.5. The second-order valence-corrected chi connectivity index (χ2v) is 10.00. The molecule has 0 radical (unpaired) electrons. The fourth-order valence-electron chi connectivity index (χ4n) is 5.46. The van der Waals surface area contributed by atoms with Gasteiger partial charge in [-0.1, -0.05) is 6.07 Å². The van der Waals surface area contributed by atoms with Gasteiger partial charge >= 0.3 is 0 Å². The van der Waals surface area contributed by atoms with E-state index in [4.69, 9.17) is 20.4 Å². The number of nitrogens with two attached hydrogens (primary N) is 1. The van der Waals surface area contributed by atoms with Gasteiger partial charge in [0.15, 0.2) is 17.3 Å². The summed E-state index contributed by atoms with van der Waals surface area (Å²) in [6, 6.07) is 19.2. The maximum Gasteiger partial charge on any atom is 0.252 e. The van der Waals surface area contributed by atoms with Gasteiger partial charge in [0, 0.05) is 35.9 Å². The quantitative estimate of drug-likeness (QED) is 0.299. The Morgan fingerprint density at radius 2 is 1.98 bits per heavy atom. The summed E-state index contributed by atoms with van der Waals surface area (Å²) in [5.74, 6) is 1.02. The molecule has 2 aromatic carbocycles. The molecular weight excluding hydrogens is 535 g/mol. The van der Waals surface area contributed by atoms with Crippen molar-refractivity contribution in [2.45, 2.75) is 18.9 Å². The van der Waals surface area contributed by atoms with E-state index in [9.17, 15) is 9.18 Å². The molecule has 1 aliphatic carbocycles. The summed E-state index contributed by atoms with van der Waals surface area (Å²) in [6.07, 6.45) is 6.64. The maximum absolute atomic E-state index is 14.0. The van der Waals surface area contributed by atoms with Gasteiger partial charge in [0.05, 0.1) is 18.7 Å². The van der Waals surface area contributed by atoms with Crippen LogP contribution in [0.5, 0.6) is 5.75 Å². The zero-order valence-electron chi connectivity index (χ0n) is 22.5. The van der Waals surface area contributed by atoms with Crippen LogP contribution in [0.25, 0.3) is 34.1 Å². The van der Waals surface area contributed by atoms with E-state index in [-0.39, 0.29) is 17.5 Å². The van der Waals surface area contributed by atoms with Crippen molar-refractivity contribution in [1.82, 2.24) is 34.6 Å². The molecule has 4 aromatic heterocycles. The molecule has 0 spiro atoms. The highest BCUT2D eigenvalue weighted by molar-refractivity contribution is 5.95. The van der Waals surface area contributed by atoms with E-state index in [1.165, 1.54) is 25.3 Å². The van der Waals surface area contributed by atoms with Crippen LogP contribution in [0.1, 0.15) is 33.9 Å². The molecule has 6 aromatic rings. The van der Waals surface area contributed by atoms with Crippen molar-refractivity contribution in [3.05, 3.63) is 108 Å². The Morgan fingerprint density at radius 1 is 1.07 bits per heavy atom. The normalized spacial score (nSPS) is 14.2. The standard InChI is InChI=1S/C31H25FN8O2/c1-42-22-16-19(14-20(32)17-22)31(41)37-25-8-5-18-15-21(6-7-23(18)25)40-29(24-4-2-11-34-28(24)33)36-26-9-10-27(38-30(26)40)39-13-3-12-35-39/h2-4,6-7,9-17,25H,5,8H2,1H3,(H2,33,34)(H,37,41)/t25-/m0/s1. The molecule has 208 valence electrons. The average Bonchev–Trinajstić information content (AvgIpc) is 3.76. The van der Waals surface area contributed by atoms with Gasteiger partial charge in [0.2, 0.25) is 0 Å². The number of anilines is 1. The number of halogens is 1. The van der Waals surface area contributed by atoms with Gasteiger partial charge in [-0.05, 0) is 78.6 Å². The van der Waals surface area contributed by atoms with Crippen molar-refractivity contribution in [3.8, 4) is 28.6 Å². The number of amides is 1. The molecule has 0 fully saturated rings. The molecule has 1 atom stereocenters. The molecule has 0 bridgehead atoms. The van der Waals surface area contributed by atoms with Crippen molar-refractivity contribution >= 4 is 22.9 Å². The number of rotatable bonds is 6. The van der Waals surface area contributed by atoms with E-state index >= 15 is 0 Å². The average molecular weight is 561 g/mol. The third kappa shape index (κ3) is 4.40. The number of ether oxygens (including phenoxy) is 1. The molecule has 4 heterocycles. The largest absolute Gasteiger partial charge is 0.497 e. The molecule has 42 heavy (non-hydrogen) atoms. The Hall–Kier alpha value is -5.58. The van der Waals surface area contributed by atoms with Crippen molar-refractivity contribution in [2.24, 2.45) is 0 Å². The monoisotopic (exact) mass is 560 g/mol. The Kier molecular flexibility index (Phi) is 6.11. The Morgan fingerprint density at radius 3 is 2.79 bits per heavy atom. The third-order valence-electron chi connectivity index (χ3n) is 7.45. The lowest BCUT2D eigenvalue weighted by Gasteiger charge is -2.16. The number of hydrogen-bond donors (Lipinski definition) is 2. The Bertz CT molecular complexity index is 1970. The smallest absolute Gasteiger partial charge is 0.252 e. The molecule has 0 saturated carbocycles. The van der Waals surface area contributed by atoms with Gasteiger partial charge in [-0.25, -0.2) is 24.0 Å². The van der Waals surface area contributed by atoms with Crippen LogP contribution in [0.3, 0.4) is 0 Å². The number of fused-ring (bicyclic) bond motifs is 2.